The van der Waals surface area contributed by atoms with E-state index in [0.29, 0.717) is 5.69 Å². The molecule has 16 heavy (non-hydrogen) atoms. The van der Waals surface area contributed by atoms with Gasteiger partial charge in [-0.15, -0.1) is 0 Å². The van der Waals surface area contributed by atoms with Crippen molar-refractivity contribution in [1.29, 1.82) is 0 Å². The van der Waals surface area contributed by atoms with Crippen LogP contribution in [0.3, 0.4) is 0 Å². The SMILES string of the molecule is CCc1cccc(Nc2cc(N)ccn2)c1. The predicted octanol–water partition coefficient (Wildman–Crippen LogP) is 2.97. The second kappa shape index (κ2) is 4.66. The molecule has 3 nitrogen and oxygen atoms in total. The van der Waals surface area contributed by atoms with E-state index in [-0.39, 0.29) is 0 Å². The molecule has 2 aromatic rings. The maximum absolute atomic E-state index is 5.69. The molecular formula is C13H15N3. The molecule has 0 atom stereocenters. The van der Waals surface area contributed by atoms with Gasteiger partial charge in [0.15, 0.2) is 0 Å². The van der Waals surface area contributed by atoms with Gasteiger partial charge in [-0.3, -0.25) is 0 Å². The molecule has 0 aliphatic carbocycles. The Bertz CT molecular complexity index is 480. The van der Waals surface area contributed by atoms with Crippen LogP contribution in [0, 0.1) is 0 Å². The highest BCUT2D eigenvalue weighted by molar-refractivity contribution is 5.60. The molecule has 2 rings (SSSR count). The summed E-state index contributed by atoms with van der Waals surface area (Å²) < 4.78 is 0. The molecule has 0 radical (unpaired) electrons. The average Bonchev–Trinajstić information content (AvgIpc) is 2.29. The largest absolute Gasteiger partial charge is 0.399 e. The van der Waals surface area contributed by atoms with Crippen LogP contribution >= 0.6 is 0 Å². The summed E-state index contributed by atoms with van der Waals surface area (Å²) in [7, 11) is 0. The lowest BCUT2D eigenvalue weighted by atomic mass is 10.1. The molecule has 0 saturated heterocycles. The summed E-state index contributed by atoms with van der Waals surface area (Å²) in [4.78, 5) is 4.20. The lowest BCUT2D eigenvalue weighted by Crippen LogP contribution is -1.95. The maximum atomic E-state index is 5.69. The Hall–Kier alpha value is -2.03. The van der Waals surface area contributed by atoms with Crippen LogP contribution in [-0.4, -0.2) is 4.98 Å². The third kappa shape index (κ3) is 2.51. The Morgan fingerprint density at radius 1 is 1.25 bits per heavy atom. The summed E-state index contributed by atoms with van der Waals surface area (Å²) in [5.74, 6) is 0.772. The topological polar surface area (TPSA) is 50.9 Å². The monoisotopic (exact) mass is 213 g/mol. The summed E-state index contributed by atoms with van der Waals surface area (Å²) >= 11 is 0. The summed E-state index contributed by atoms with van der Waals surface area (Å²) in [6, 6.07) is 11.9. The van der Waals surface area contributed by atoms with Crippen molar-refractivity contribution in [1.82, 2.24) is 4.98 Å². The fraction of sp³-hybridized carbons (Fsp3) is 0.154. The number of nitrogens with zero attached hydrogens (tertiary/aromatic N) is 1. The Labute approximate surface area is 95.3 Å². The quantitative estimate of drug-likeness (QED) is 0.824. The standard InChI is InChI=1S/C13H15N3/c1-2-10-4-3-5-12(8-10)16-13-9-11(14)6-7-15-13/h3-9H,2H2,1H3,(H3,14,15,16). The number of nitrogens with two attached hydrogens (primary N) is 1. The van der Waals surface area contributed by atoms with Gasteiger partial charge in [0.05, 0.1) is 0 Å². The van der Waals surface area contributed by atoms with Gasteiger partial charge in [-0.05, 0) is 30.2 Å². The van der Waals surface area contributed by atoms with E-state index in [9.17, 15) is 0 Å². The second-order valence-corrected chi connectivity index (χ2v) is 3.65. The first kappa shape index (κ1) is 10.5. The van der Waals surface area contributed by atoms with Crippen LogP contribution in [-0.2, 0) is 6.42 Å². The van der Waals surface area contributed by atoms with Gasteiger partial charge in [-0.2, -0.15) is 0 Å². The molecule has 0 unspecified atom stereocenters. The molecule has 0 saturated carbocycles. The van der Waals surface area contributed by atoms with Crippen molar-refractivity contribution >= 4 is 17.2 Å². The molecule has 0 aliphatic rings. The van der Waals surface area contributed by atoms with Crippen molar-refractivity contribution in [3.63, 3.8) is 0 Å². The third-order valence-electron chi connectivity index (χ3n) is 2.39. The van der Waals surface area contributed by atoms with Gasteiger partial charge in [-0.1, -0.05) is 19.1 Å². The van der Waals surface area contributed by atoms with E-state index in [2.05, 4.69) is 29.4 Å². The molecule has 0 spiro atoms. The molecule has 0 aliphatic heterocycles. The smallest absolute Gasteiger partial charge is 0.132 e. The molecule has 0 fully saturated rings. The Morgan fingerprint density at radius 2 is 2.12 bits per heavy atom. The van der Waals surface area contributed by atoms with Crippen LogP contribution < -0.4 is 11.1 Å². The lowest BCUT2D eigenvalue weighted by Gasteiger charge is -2.07. The van der Waals surface area contributed by atoms with E-state index < -0.39 is 0 Å². The minimum absolute atomic E-state index is 0.712. The highest BCUT2D eigenvalue weighted by atomic mass is 15.0. The fourth-order valence-electron chi connectivity index (χ4n) is 1.53. The van der Waals surface area contributed by atoms with Crippen molar-refractivity contribution in [2.24, 2.45) is 0 Å². The number of pyridine rings is 1. The zero-order valence-corrected chi connectivity index (χ0v) is 9.27. The van der Waals surface area contributed by atoms with Crippen molar-refractivity contribution in [3.8, 4) is 0 Å². The van der Waals surface area contributed by atoms with E-state index >= 15 is 0 Å². The van der Waals surface area contributed by atoms with Crippen LogP contribution in [0.4, 0.5) is 17.2 Å². The van der Waals surface area contributed by atoms with Crippen LogP contribution in [0.5, 0.6) is 0 Å². The summed E-state index contributed by atoms with van der Waals surface area (Å²) in [5, 5.41) is 3.23. The maximum Gasteiger partial charge on any atom is 0.132 e. The van der Waals surface area contributed by atoms with E-state index in [4.69, 9.17) is 5.73 Å². The number of hydrogen-bond donors (Lipinski definition) is 2. The molecule has 0 bridgehead atoms. The lowest BCUT2D eigenvalue weighted by molar-refractivity contribution is 1.14. The number of rotatable bonds is 3. The van der Waals surface area contributed by atoms with Gasteiger partial charge in [0.2, 0.25) is 0 Å². The fourth-order valence-corrected chi connectivity index (χ4v) is 1.53. The average molecular weight is 213 g/mol. The number of hydrogen-bond acceptors (Lipinski definition) is 3. The normalized spacial score (nSPS) is 10.1. The first-order chi connectivity index (χ1) is 7.78. The summed E-state index contributed by atoms with van der Waals surface area (Å²) in [6.07, 6.45) is 2.72. The van der Waals surface area contributed by atoms with E-state index in [1.165, 1.54) is 5.56 Å². The van der Waals surface area contributed by atoms with Crippen LogP contribution in [0.1, 0.15) is 12.5 Å². The Morgan fingerprint density at radius 3 is 2.88 bits per heavy atom. The van der Waals surface area contributed by atoms with Gasteiger partial charge in [0, 0.05) is 23.6 Å². The Kier molecular flexibility index (Phi) is 3.05. The van der Waals surface area contributed by atoms with Crippen LogP contribution in [0.2, 0.25) is 0 Å². The van der Waals surface area contributed by atoms with Crippen molar-refractivity contribution in [2.45, 2.75) is 13.3 Å². The van der Waals surface area contributed by atoms with E-state index in [1.54, 1.807) is 12.3 Å². The first-order valence-corrected chi connectivity index (χ1v) is 5.35. The van der Waals surface area contributed by atoms with E-state index in [0.717, 1.165) is 17.9 Å². The highest BCUT2D eigenvalue weighted by Crippen LogP contribution is 2.17. The number of aryl methyl sites for hydroxylation is 1. The van der Waals surface area contributed by atoms with Crippen molar-refractivity contribution < 1.29 is 0 Å². The van der Waals surface area contributed by atoms with Crippen LogP contribution in [0.15, 0.2) is 42.6 Å². The second-order valence-electron chi connectivity index (χ2n) is 3.65. The summed E-state index contributed by atoms with van der Waals surface area (Å²) in [5.41, 5.74) is 8.74. The van der Waals surface area contributed by atoms with Crippen LogP contribution in [0.25, 0.3) is 0 Å². The predicted molar refractivity (Wildman–Crippen MR) is 67.8 cm³/mol. The first-order valence-electron chi connectivity index (χ1n) is 5.35. The highest BCUT2D eigenvalue weighted by Gasteiger charge is 1.97. The van der Waals surface area contributed by atoms with Gasteiger partial charge < -0.3 is 11.1 Å². The molecular weight excluding hydrogens is 198 g/mol. The molecule has 3 N–H and O–H groups in total. The number of aromatic nitrogens is 1. The van der Waals surface area contributed by atoms with Crippen molar-refractivity contribution in [2.75, 3.05) is 11.1 Å². The molecule has 1 aromatic carbocycles. The summed E-state index contributed by atoms with van der Waals surface area (Å²) in [6.45, 7) is 2.14. The molecule has 82 valence electrons. The Balaban J connectivity index is 2.20. The molecule has 1 aromatic heterocycles. The molecule has 3 heteroatoms. The number of nitrogen functional groups attached to an aromatic ring is 1. The van der Waals surface area contributed by atoms with Gasteiger partial charge in [0.25, 0.3) is 0 Å². The number of benzene rings is 1. The number of nitrogens with one attached hydrogen (secondary N) is 1. The van der Waals surface area contributed by atoms with Gasteiger partial charge >= 0.3 is 0 Å². The third-order valence-corrected chi connectivity index (χ3v) is 2.39. The zero-order chi connectivity index (χ0) is 11.4. The molecule has 0 amide bonds. The van der Waals surface area contributed by atoms with E-state index in [1.807, 2.05) is 18.2 Å². The minimum Gasteiger partial charge on any atom is -0.399 e. The van der Waals surface area contributed by atoms with Crippen molar-refractivity contribution in [3.05, 3.63) is 48.2 Å². The number of anilines is 3. The minimum atomic E-state index is 0.712. The molecule has 1 heterocycles. The zero-order valence-electron chi connectivity index (χ0n) is 9.27. The van der Waals surface area contributed by atoms with Gasteiger partial charge in [0.1, 0.15) is 5.82 Å². The van der Waals surface area contributed by atoms with Gasteiger partial charge in [-0.25, -0.2) is 4.98 Å².